The van der Waals surface area contributed by atoms with E-state index in [1.165, 1.54) is 0 Å². The Morgan fingerprint density at radius 2 is 2.15 bits per heavy atom. The van der Waals surface area contributed by atoms with Crippen LogP contribution in [-0.4, -0.2) is 25.2 Å². The van der Waals surface area contributed by atoms with E-state index in [1.807, 2.05) is 19.9 Å². The van der Waals surface area contributed by atoms with Crippen molar-refractivity contribution >= 4 is 11.6 Å². The topological polar surface area (TPSA) is 64.3 Å². The number of hydrogen-bond acceptors (Lipinski definition) is 3. The molecule has 0 spiro atoms. The Morgan fingerprint density at radius 1 is 1.40 bits per heavy atom. The SMILES string of the molecule is CCC1OCCC1CNC(=O)c1cc(N)c(C)cc1C. The van der Waals surface area contributed by atoms with E-state index >= 15 is 0 Å². The van der Waals surface area contributed by atoms with E-state index in [9.17, 15) is 4.79 Å². The van der Waals surface area contributed by atoms with Crippen LogP contribution in [0.1, 0.15) is 41.3 Å². The van der Waals surface area contributed by atoms with Crippen molar-refractivity contribution in [3.8, 4) is 0 Å². The molecule has 4 nitrogen and oxygen atoms in total. The lowest BCUT2D eigenvalue weighted by Gasteiger charge is -2.18. The van der Waals surface area contributed by atoms with Gasteiger partial charge in [-0.2, -0.15) is 0 Å². The highest BCUT2D eigenvalue weighted by molar-refractivity contribution is 5.96. The maximum Gasteiger partial charge on any atom is 0.251 e. The lowest BCUT2D eigenvalue weighted by atomic mass is 9.99. The zero-order valence-corrected chi connectivity index (χ0v) is 12.5. The first-order valence-corrected chi connectivity index (χ1v) is 7.29. The third-order valence-electron chi connectivity index (χ3n) is 4.13. The monoisotopic (exact) mass is 276 g/mol. The van der Waals surface area contributed by atoms with Gasteiger partial charge in [0.05, 0.1) is 6.10 Å². The van der Waals surface area contributed by atoms with Gasteiger partial charge in [-0.05, 0) is 43.9 Å². The number of amides is 1. The molecule has 1 aliphatic rings. The zero-order chi connectivity index (χ0) is 14.7. The fourth-order valence-electron chi connectivity index (χ4n) is 2.81. The summed E-state index contributed by atoms with van der Waals surface area (Å²) >= 11 is 0. The van der Waals surface area contributed by atoms with Crippen molar-refractivity contribution in [3.63, 3.8) is 0 Å². The average Bonchev–Trinajstić information content (AvgIpc) is 2.87. The Kier molecular flexibility index (Phi) is 4.65. The number of nitrogen functional groups attached to an aromatic ring is 1. The normalized spacial score (nSPS) is 21.9. The molecule has 1 saturated heterocycles. The van der Waals surface area contributed by atoms with Crippen molar-refractivity contribution in [1.82, 2.24) is 5.32 Å². The Bertz CT molecular complexity index is 499. The number of benzene rings is 1. The number of carbonyl (C=O) groups excluding carboxylic acids is 1. The van der Waals surface area contributed by atoms with E-state index in [-0.39, 0.29) is 12.0 Å². The number of nitrogens with two attached hydrogens (primary N) is 1. The first kappa shape index (κ1) is 14.9. The van der Waals surface area contributed by atoms with Crippen LogP contribution in [0.5, 0.6) is 0 Å². The average molecular weight is 276 g/mol. The summed E-state index contributed by atoms with van der Waals surface area (Å²) in [5, 5.41) is 3.02. The number of anilines is 1. The number of nitrogens with one attached hydrogen (secondary N) is 1. The van der Waals surface area contributed by atoms with Crippen LogP contribution in [0.3, 0.4) is 0 Å². The van der Waals surface area contributed by atoms with Gasteiger partial charge in [-0.15, -0.1) is 0 Å². The molecular weight excluding hydrogens is 252 g/mol. The number of carbonyl (C=O) groups is 1. The molecule has 3 N–H and O–H groups in total. The summed E-state index contributed by atoms with van der Waals surface area (Å²) in [6.45, 7) is 7.48. The van der Waals surface area contributed by atoms with Gasteiger partial charge in [0.1, 0.15) is 0 Å². The van der Waals surface area contributed by atoms with E-state index in [0.717, 1.165) is 30.6 Å². The largest absolute Gasteiger partial charge is 0.398 e. The summed E-state index contributed by atoms with van der Waals surface area (Å²) in [5.41, 5.74) is 9.19. The highest BCUT2D eigenvalue weighted by atomic mass is 16.5. The van der Waals surface area contributed by atoms with Gasteiger partial charge < -0.3 is 15.8 Å². The quantitative estimate of drug-likeness (QED) is 0.830. The standard InChI is InChI=1S/C16H24N2O2/c1-4-15-12(5-6-20-15)9-18-16(19)13-8-14(17)11(3)7-10(13)2/h7-8,12,15H,4-6,9,17H2,1-3H3,(H,18,19). The highest BCUT2D eigenvalue weighted by Crippen LogP contribution is 2.23. The van der Waals surface area contributed by atoms with Gasteiger partial charge in [0.25, 0.3) is 5.91 Å². The Labute approximate surface area is 120 Å². The minimum atomic E-state index is -0.0454. The van der Waals surface area contributed by atoms with E-state index in [1.54, 1.807) is 6.07 Å². The van der Waals surface area contributed by atoms with Crippen LogP contribution in [0.4, 0.5) is 5.69 Å². The van der Waals surface area contributed by atoms with Gasteiger partial charge in [0, 0.05) is 30.3 Å². The first-order chi connectivity index (χ1) is 9.52. The van der Waals surface area contributed by atoms with Gasteiger partial charge in [-0.25, -0.2) is 0 Å². The second-order valence-electron chi connectivity index (χ2n) is 5.60. The molecule has 1 amide bonds. The molecule has 0 aromatic heterocycles. The Morgan fingerprint density at radius 3 is 2.85 bits per heavy atom. The number of rotatable bonds is 4. The molecule has 0 saturated carbocycles. The lowest BCUT2D eigenvalue weighted by Crippen LogP contribution is -2.33. The third-order valence-corrected chi connectivity index (χ3v) is 4.13. The third kappa shape index (κ3) is 3.12. The molecule has 1 aromatic rings. The van der Waals surface area contributed by atoms with Crippen LogP contribution in [-0.2, 0) is 4.74 Å². The smallest absolute Gasteiger partial charge is 0.251 e. The molecule has 1 aromatic carbocycles. The number of ether oxygens (including phenoxy) is 1. The minimum absolute atomic E-state index is 0.0454. The Balaban J connectivity index is 2.00. The molecule has 1 heterocycles. The predicted molar refractivity (Wildman–Crippen MR) is 80.8 cm³/mol. The van der Waals surface area contributed by atoms with Crippen LogP contribution in [0, 0.1) is 19.8 Å². The van der Waals surface area contributed by atoms with E-state index < -0.39 is 0 Å². The van der Waals surface area contributed by atoms with Crippen LogP contribution in [0.25, 0.3) is 0 Å². The van der Waals surface area contributed by atoms with E-state index in [4.69, 9.17) is 10.5 Å². The summed E-state index contributed by atoms with van der Waals surface area (Å²) in [4.78, 5) is 12.3. The van der Waals surface area contributed by atoms with Crippen LogP contribution in [0.15, 0.2) is 12.1 Å². The summed E-state index contributed by atoms with van der Waals surface area (Å²) in [5.74, 6) is 0.378. The van der Waals surface area contributed by atoms with E-state index in [0.29, 0.717) is 23.7 Å². The molecule has 2 rings (SSSR count). The van der Waals surface area contributed by atoms with Gasteiger partial charge in [-0.3, -0.25) is 4.79 Å². The van der Waals surface area contributed by atoms with Gasteiger partial charge in [0.2, 0.25) is 0 Å². The molecule has 0 radical (unpaired) electrons. The first-order valence-electron chi connectivity index (χ1n) is 7.29. The van der Waals surface area contributed by atoms with Gasteiger partial charge >= 0.3 is 0 Å². The molecule has 2 unspecified atom stereocenters. The molecular formula is C16H24N2O2. The molecule has 2 atom stereocenters. The fraction of sp³-hybridized carbons (Fsp3) is 0.562. The minimum Gasteiger partial charge on any atom is -0.398 e. The van der Waals surface area contributed by atoms with Gasteiger partial charge in [0.15, 0.2) is 0 Å². The summed E-state index contributed by atoms with van der Waals surface area (Å²) < 4.78 is 5.64. The predicted octanol–water partition coefficient (Wildman–Crippen LogP) is 2.43. The van der Waals surface area contributed by atoms with Crippen LogP contribution in [0.2, 0.25) is 0 Å². The molecule has 0 aliphatic carbocycles. The zero-order valence-electron chi connectivity index (χ0n) is 12.5. The second kappa shape index (κ2) is 6.27. The van der Waals surface area contributed by atoms with Crippen LogP contribution >= 0.6 is 0 Å². The van der Waals surface area contributed by atoms with Crippen molar-refractivity contribution in [2.45, 2.75) is 39.7 Å². The maximum atomic E-state index is 12.3. The van der Waals surface area contributed by atoms with Crippen molar-refractivity contribution in [2.24, 2.45) is 5.92 Å². The molecule has 110 valence electrons. The molecule has 1 aliphatic heterocycles. The van der Waals surface area contributed by atoms with Crippen molar-refractivity contribution in [1.29, 1.82) is 0 Å². The lowest BCUT2D eigenvalue weighted by molar-refractivity contribution is 0.0826. The number of aryl methyl sites for hydroxylation is 2. The summed E-state index contributed by atoms with van der Waals surface area (Å²) in [6, 6.07) is 3.72. The molecule has 20 heavy (non-hydrogen) atoms. The van der Waals surface area contributed by atoms with Crippen molar-refractivity contribution < 1.29 is 9.53 Å². The Hall–Kier alpha value is -1.55. The molecule has 0 bridgehead atoms. The van der Waals surface area contributed by atoms with Crippen LogP contribution < -0.4 is 11.1 Å². The van der Waals surface area contributed by atoms with E-state index in [2.05, 4.69) is 12.2 Å². The van der Waals surface area contributed by atoms with Crippen molar-refractivity contribution in [3.05, 3.63) is 28.8 Å². The van der Waals surface area contributed by atoms with Crippen molar-refractivity contribution in [2.75, 3.05) is 18.9 Å². The summed E-state index contributed by atoms with van der Waals surface area (Å²) in [6.07, 6.45) is 2.30. The summed E-state index contributed by atoms with van der Waals surface area (Å²) in [7, 11) is 0. The fourth-order valence-corrected chi connectivity index (χ4v) is 2.81. The molecule has 1 fully saturated rings. The van der Waals surface area contributed by atoms with Gasteiger partial charge in [-0.1, -0.05) is 13.0 Å². The maximum absolute atomic E-state index is 12.3. The highest BCUT2D eigenvalue weighted by Gasteiger charge is 2.27. The number of hydrogen-bond donors (Lipinski definition) is 2. The second-order valence-corrected chi connectivity index (χ2v) is 5.60. The molecule has 4 heteroatoms.